The van der Waals surface area contributed by atoms with Crippen LogP contribution in [0.25, 0.3) is 0 Å². The molecular weight excluding hydrogens is 468 g/mol. The van der Waals surface area contributed by atoms with Crippen LogP contribution in [0.1, 0.15) is 12.0 Å². The fourth-order valence-electron chi connectivity index (χ4n) is 2.43. The molecule has 0 aliphatic heterocycles. The second-order valence-electron chi connectivity index (χ2n) is 6.28. The molecule has 9 heteroatoms. The first-order valence-corrected chi connectivity index (χ1v) is 11.2. The minimum Gasteiger partial charge on any atom is -0.336 e. The molecule has 0 aliphatic carbocycles. The van der Waals surface area contributed by atoms with Gasteiger partial charge in [0, 0.05) is 28.7 Å². The van der Waals surface area contributed by atoms with Crippen molar-refractivity contribution < 1.29 is 18.0 Å². The number of carbonyl (C=O) groups excluding carboxylic acids is 2. The van der Waals surface area contributed by atoms with Gasteiger partial charge in [-0.25, -0.2) is 8.42 Å². The molecule has 0 spiro atoms. The van der Waals surface area contributed by atoms with Gasteiger partial charge < -0.3 is 10.2 Å². The van der Waals surface area contributed by atoms with Crippen molar-refractivity contribution in [1.82, 2.24) is 4.90 Å². The first kappa shape index (κ1) is 22.4. The summed E-state index contributed by atoms with van der Waals surface area (Å²) in [5, 5.41) is 3.17. The zero-order valence-electron chi connectivity index (χ0n) is 15.4. The molecule has 6 nitrogen and oxygen atoms in total. The highest BCUT2D eigenvalue weighted by Gasteiger charge is 2.19. The van der Waals surface area contributed by atoms with E-state index in [9.17, 15) is 18.0 Å². The molecule has 2 aromatic carbocycles. The standard InChI is InChI=1S/C19H20BrClN2O4S/c1-13-11-14(20)3-8-17(13)22-18(24)12-23(2)19(25)9-10-28(26,27)16-6-4-15(21)5-7-16/h3-8,11H,9-10,12H2,1-2H3,(H,22,24). The number of aryl methyl sites for hydroxylation is 1. The first-order valence-electron chi connectivity index (χ1n) is 8.37. The molecular formula is C19H20BrClN2O4S. The number of nitrogens with one attached hydrogen (secondary N) is 1. The normalized spacial score (nSPS) is 11.1. The van der Waals surface area contributed by atoms with Crippen LogP contribution in [0.5, 0.6) is 0 Å². The van der Waals surface area contributed by atoms with Crippen LogP contribution in [0.2, 0.25) is 5.02 Å². The van der Waals surface area contributed by atoms with Crippen molar-refractivity contribution in [2.24, 2.45) is 0 Å². The Hall–Kier alpha value is -1.90. The Morgan fingerprint density at radius 2 is 1.79 bits per heavy atom. The molecule has 0 heterocycles. The average molecular weight is 488 g/mol. The molecule has 0 unspecified atom stereocenters. The summed E-state index contributed by atoms with van der Waals surface area (Å²) in [6.45, 7) is 1.69. The molecule has 0 aliphatic rings. The quantitative estimate of drug-likeness (QED) is 0.646. The summed E-state index contributed by atoms with van der Waals surface area (Å²) in [7, 11) is -2.14. The van der Waals surface area contributed by atoms with Gasteiger partial charge in [-0.2, -0.15) is 0 Å². The lowest BCUT2D eigenvalue weighted by Crippen LogP contribution is -2.35. The SMILES string of the molecule is Cc1cc(Br)ccc1NC(=O)CN(C)C(=O)CCS(=O)(=O)c1ccc(Cl)cc1. The third-order valence-electron chi connectivity index (χ3n) is 4.03. The maximum absolute atomic E-state index is 12.3. The van der Waals surface area contributed by atoms with E-state index >= 15 is 0 Å². The monoisotopic (exact) mass is 486 g/mol. The van der Waals surface area contributed by atoms with Crippen molar-refractivity contribution in [3.05, 3.63) is 57.5 Å². The molecule has 0 saturated carbocycles. The van der Waals surface area contributed by atoms with Crippen molar-refractivity contribution in [3.8, 4) is 0 Å². The van der Waals surface area contributed by atoms with Crippen LogP contribution in [0, 0.1) is 6.92 Å². The summed E-state index contributed by atoms with van der Waals surface area (Å²) in [4.78, 5) is 25.7. The van der Waals surface area contributed by atoms with Gasteiger partial charge in [0.15, 0.2) is 9.84 Å². The second-order valence-corrected chi connectivity index (χ2v) is 9.74. The topological polar surface area (TPSA) is 83.6 Å². The van der Waals surface area contributed by atoms with E-state index < -0.39 is 15.7 Å². The van der Waals surface area contributed by atoms with Gasteiger partial charge in [0.1, 0.15) is 0 Å². The average Bonchev–Trinajstić information content (AvgIpc) is 2.62. The Bertz CT molecular complexity index is 978. The number of anilines is 1. The Balaban J connectivity index is 1.89. The van der Waals surface area contributed by atoms with E-state index in [2.05, 4.69) is 21.2 Å². The van der Waals surface area contributed by atoms with Crippen molar-refractivity contribution in [1.29, 1.82) is 0 Å². The number of rotatable bonds is 7. The Labute approximate surface area is 177 Å². The van der Waals surface area contributed by atoms with Crippen LogP contribution in [0.3, 0.4) is 0 Å². The van der Waals surface area contributed by atoms with Gasteiger partial charge in [-0.05, 0) is 55.0 Å². The smallest absolute Gasteiger partial charge is 0.243 e. The van der Waals surface area contributed by atoms with Crippen LogP contribution in [0.4, 0.5) is 5.69 Å². The van der Waals surface area contributed by atoms with E-state index in [-0.39, 0.29) is 29.5 Å². The summed E-state index contributed by atoms with van der Waals surface area (Å²) < 4.78 is 25.5. The summed E-state index contributed by atoms with van der Waals surface area (Å²) >= 11 is 9.11. The zero-order valence-corrected chi connectivity index (χ0v) is 18.6. The predicted octanol–water partition coefficient (Wildman–Crippen LogP) is 3.67. The van der Waals surface area contributed by atoms with Crippen molar-refractivity contribution in [2.75, 3.05) is 24.7 Å². The predicted molar refractivity (Wildman–Crippen MR) is 113 cm³/mol. The number of benzene rings is 2. The third kappa shape index (κ3) is 6.32. The third-order valence-corrected chi connectivity index (χ3v) is 6.50. The van der Waals surface area contributed by atoms with E-state index in [1.807, 2.05) is 13.0 Å². The fourth-order valence-corrected chi connectivity index (χ4v) is 4.26. The number of amides is 2. The summed E-state index contributed by atoms with van der Waals surface area (Å²) in [6, 6.07) is 11.2. The van der Waals surface area contributed by atoms with Gasteiger partial charge in [-0.15, -0.1) is 0 Å². The summed E-state index contributed by atoms with van der Waals surface area (Å²) in [5.41, 5.74) is 1.53. The highest BCUT2D eigenvalue weighted by molar-refractivity contribution is 9.10. The number of nitrogens with zero attached hydrogens (tertiary/aromatic N) is 1. The van der Waals surface area contributed by atoms with Gasteiger partial charge in [0.25, 0.3) is 0 Å². The van der Waals surface area contributed by atoms with E-state index in [4.69, 9.17) is 11.6 Å². The molecule has 28 heavy (non-hydrogen) atoms. The lowest BCUT2D eigenvalue weighted by atomic mass is 10.2. The molecule has 2 amide bonds. The highest BCUT2D eigenvalue weighted by atomic mass is 79.9. The minimum atomic E-state index is -3.60. The van der Waals surface area contributed by atoms with Gasteiger partial charge in [-0.3, -0.25) is 9.59 Å². The van der Waals surface area contributed by atoms with Crippen LogP contribution < -0.4 is 5.32 Å². The van der Waals surface area contributed by atoms with E-state index in [0.29, 0.717) is 10.7 Å². The molecule has 1 N–H and O–H groups in total. The largest absolute Gasteiger partial charge is 0.336 e. The molecule has 150 valence electrons. The number of likely N-dealkylation sites (N-methyl/N-ethyl adjacent to an activating group) is 1. The van der Waals surface area contributed by atoms with Crippen LogP contribution in [-0.4, -0.2) is 44.5 Å². The lowest BCUT2D eigenvalue weighted by Gasteiger charge is -2.17. The van der Waals surface area contributed by atoms with Crippen molar-refractivity contribution in [2.45, 2.75) is 18.2 Å². The van der Waals surface area contributed by atoms with Crippen LogP contribution in [-0.2, 0) is 19.4 Å². The zero-order chi connectivity index (χ0) is 20.9. The summed E-state index contributed by atoms with van der Waals surface area (Å²) in [5.74, 6) is -1.13. The number of halogens is 2. The molecule has 0 fully saturated rings. The lowest BCUT2D eigenvalue weighted by molar-refractivity contribution is -0.132. The van der Waals surface area contributed by atoms with E-state index in [1.165, 1.54) is 36.2 Å². The fraction of sp³-hybridized carbons (Fsp3) is 0.263. The minimum absolute atomic E-state index is 0.107. The van der Waals surface area contributed by atoms with Crippen molar-refractivity contribution in [3.63, 3.8) is 0 Å². The summed E-state index contributed by atoms with van der Waals surface area (Å²) in [6.07, 6.45) is -0.216. The van der Waals surface area contributed by atoms with Gasteiger partial charge in [0.05, 0.1) is 17.2 Å². The maximum atomic E-state index is 12.3. The Morgan fingerprint density at radius 1 is 1.14 bits per heavy atom. The first-order chi connectivity index (χ1) is 13.1. The van der Waals surface area contributed by atoms with Gasteiger partial charge in [-0.1, -0.05) is 27.5 Å². The number of sulfone groups is 1. The second kappa shape index (κ2) is 9.54. The van der Waals surface area contributed by atoms with Crippen molar-refractivity contribution >= 4 is 54.9 Å². The highest BCUT2D eigenvalue weighted by Crippen LogP contribution is 2.20. The van der Waals surface area contributed by atoms with Gasteiger partial charge in [0.2, 0.25) is 11.8 Å². The van der Waals surface area contributed by atoms with E-state index in [1.54, 1.807) is 12.1 Å². The number of hydrogen-bond donors (Lipinski definition) is 1. The number of carbonyl (C=O) groups is 2. The van der Waals surface area contributed by atoms with Crippen LogP contribution >= 0.6 is 27.5 Å². The molecule has 0 aromatic heterocycles. The molecule has 0 atom stereocenters. The Morgan fingerprint density at radius 3 is 2.39 bits per heavy atom. The molecule has 0 bridgehead atoms. The molecule has 0 saturated heterocycles. The Kier molecular flexibility index (Phi) is 7.63. The number of hydrogen-bond acceptors (Lipinski definition) is 4. The molecule has 2 rings (SSSR count). The van der Waals surface area contributed by atoms with Gasteiger partial charge >= 0.3 is 0 Å². The molecule has 2 aromatic rings. The maximum Gasteiger partial charge on any atom is 0.243 e. The molecule has 0 radical (unpaired) electrons. The van der Waals surface area contributed by atoms with Crippen LogP contribution in [0.15, 0.2) is 51.8 Å². The van der Waals surface area contributed by atoms with E-state index in [0.717, 1.165) is 10.0 Å².